The van der Waals surface area contributed by atoms with Crippen molar-refractivity contribution in [1.82, 2.24) is 9.78 Å². The molecule has 4 aromatic rings. The third-order valence-electron chi connectivity index (χ3n) is 4.98. The molecule has 0 spiro atoms. The quantitative estimate of drug-likeness (QED) is 0.197. The Morgan fingerprint density at radius 2 is 1.56 bits per heavy atom. The summed E-state index contributed by atoms with van der Waals surface area (Å²) in [5, 5.41) is 6.30. The number of benzene rings is 3. The van der Waals surface area contributed by atoms with E-state index in [0.717, 1.165) is 16.8 Å². The minimum Gasteiger partial charge on any atom is -0.486 e. The molecule has 0 atom stereocenters. The highest BCUT2D eigenvalue weighted by Gasteiger charge is 2.26. The molecule has 0 fully saturated rings. The predicted molar refractivity (Wildman–Crippen MR) is 113 cm³/mol. The van der Waals surface area contributed by atoms with Crippen LogP contribution in [0.5, 0.6) is 5.75 Å². The Balaban J connectivity index is 1.43. The van der Waals surface area contributed by atoms with Crippen LogP contribution in [0.25, 0.3) is 0 Å². The van der Waals surface area contributed by atoms with Crippen molar-refractivity contribution in [3.63, 3.8) is 0 Å². The van der Waals surface area contributed by atoms with Gasteiger partial charge >= 0.3 is 0 Å². The maximum atomic E-state index is 13.9. The summed E-state index contributed by atoms with van der Waals surface area (Å²) in [5.41, 5.74) is -0.439. The maximum absolute atomic E-state index is 13.9. The normalized spacial score (nSPS) is 11.0. The first-order valence-electron chi connectivity index (χ1n) is 10.2. The molecular weight excluding hydrogens is 495 g/mol. The lowest BCUT2D eigenvalue weighted by atomic mass is 10.1. The molecule has 186 valence electrons. The summed E-state index contributed by atoms with van der Waals surface area (Å²) < 4.78 is 101. The average Bonchev–Trinajstić information content (AvgIpc) is 3.30. The van der Waals surface area contributed by atoms with E-state index in [1.165, 1.54) is 30.5 Å². The second-order valence-corrected chi connectivity index (χ2v) is 7.46. The van der Waals surface area contributed by atoms with Crippen LogP contribution in [0.1, 0.15) is 21.5 Å². The number of aromatic nitrogens is 2. The molecule has 0 unspecified atom stereocenters. The van der Waals surface area contributed by atoms with Crippen molar-refractivity contribution in [2.24, 2.45) is 0 Å². The van der Waals surface area contributed by atoms with Gasteiger partial charge in [-0.15, -0.1) is 0 Å². The third-order valence-corrected chi connectivity index (χ3v) is 4.98. The van der Waals surface area contributed by atoms with Gasteiger partial charge in [-0.05, 0) is 29.8 Å². The van der Waals surface area contributed by atoms with Gasteiger partial charge in [-0.2, -0.15) is 5.10 Å². The van der Waals surface area contributed by atoms with Gasteiger partial charge in [-0.3, -0.25) is 9.48 Å². The molecular formula is C24H14F7N3O2. The maximum Gasteiger partial charge on any atom is 0.256 e. The van der Waals surface area contributed by atoms with Crippen LogP contribution in [-0.2, 0) is 13.2 Å². The van der Waals surface area contributed by atoms with Crippen LogP contribution in [0.2, 0.25) is 0 Å². The molecule has 1 heterocycles. The van der Waals surface area contributed by atoms with Gasteiger partial charge in [-0.1, -0.05) is 12.1 Å². The van der Waals surface area contributed by atoms with E-state index in [4.69, 9.17) is 4.74 Å². The van der Waals surface area contributed by atoms with E-state index < -0.39 is 58.7 Å². The molecule has 36 heavy (non-hydrogen) atoms. The highest BCUT2D eigenvalue weighted by molar-refractivity contribution is 6.03. The number of ether oxygens (including phenoxy) is 1. The predicted octanol–water partition coefficient (Wildman–Crippen LogP) is 5.74. The number of anilines is 1. The van der Waals surface area contributed by atoms with Crippen molar-refractivity contribution in [3.05, 3.63) is 112 Å². The number of hydrogen-bond acceptors (Lipinski definition) is 3. The molecule has 0 aliphatic carbocycles. The number of amides is 1. The van der Waals surface area contributed by atoms with Crippen LogP contribution in [0, 0.1) is 40.7 Å². The average molecular weight is 509 g/mol. The molecule has 0 aliphatic rings. The molecule has 5 nitrogen and oxygen atoms in total. The van der Waals surface area contributed by atoms with Crippen molar-refractivity contribution < 1.29 is 40.3 Å². The van der Waals surface area contributed by atoms with Gasteiger partial charge in [0.25, 0.3) is 5.91 Å². The lowest BCUT2D eigenvalue weighted by Crippen LogP contribution is -2.14. The lowest BCUT2D eigenvalue weighted by Gasteiger charge is -2.09. The SMILES string of the molecule is O=C(Nc1ccn(Cc2c(F)c(F)c(F)c(F)c2F)n1)c1cccc(COc2ccc(F)cc2F)c1. The number of carbonyl (C=O) groups is 1. The zero-order valence-electron chi connectivity index (χ0n) is 18.0. The molecule has 1 N–H and O–H groups in total. The van der Waals surface area contributed by atoms with Crippen LogP contribution >= 0.6 is 0 Å². The number of rotatable bonds is 7. The number of carbonyl (C=O) groups excluding carboxylic acids is 1. The standard InChI is InChI=1S/C24H14F7N3O2/c25-14-4-5-17(16(26)9-14)36-11-12-2-1-3-13(8-12)24(35)32-18-6-7-34(33-18)10-15-19(27)21(29)23(31)22(30)20(15)28/h1-9H,10-11H2,(H,32,33,35). The summed E-state index contributed by atoms with van der Waals surface area (Å²) >= 11 is 0. The summed E-state index contributed by atoms with van der Waals surface area (Å²) in [6, 6.07) is 10.1. The molecule has 0 saturated heterocycles. The summed E-state index contributed by atoms with van der Waals surface area (Å²) in [4.78, 5) is 12.6. The lowest BCUT2D eigenvalue weighted by molar-refractivity contribution is 0.102. The van der Waals surface area contributed by atoms with Gasteiger partial charge in [-0.25, -0.2) is 30.7 Å². The van der Waals surface area contributed by atoms with Crippen molar-refractivity contribution in [3.8, 4) is 5.75 Å². The first-order valence-corrected chi connectivity index (χ1v) is 10.2. The second kappa shape index (κ2) is 10.1. The third kappa shape index (κ3) is 5.16. The zero-order valence-corrected chi connectivity index (χ0v) is 18.0. The highest BCUT2D eigenvalue weighted by atomic mass is 19.2. The van der Waals surface area contributed by atoms with Crippen LogP contribution in [-0.4, -0.2) is 15.7 Å². The van der Waals surface area contributed by atoms with Gasteiger partial charge < -0.3 is 10.1 Å². The van der Waals surface area contributed by atoms with Gasteiger partial charge in [0.15, 0.2) is 40.7 Å². The van der Waals surface area contributed by atoms with Gasteiger partial charge in [0.1, 0.15) is 12.4 Å². The Bertz CT molecular complexity index is 1430. The molecule has 1 aromatic heterocycles. The van der Waals surface area contributed by atoms with E-state index in [0.29, 0.717) is 11.6 Å². The first kappa shape index (κ1) is 24.8. The molecule has 3 aromatic carbocycles. The summed E-state index contributed by atoms with van der Waals surface area (Å²) in [5.74, 6) is -12.9. The number of nitrogens with zero attached hydrogens (tertiary/aromatic N) is 2. The smallest absolute Gasteiger partial charge is 0.256 e. The van der Waals surface area contributed by atoms with E-state index in [9.17, 15) is 35.5 Å². The van der Waals surface area contributed by atoms with Crippen molar-refractivity contribution >= 4 is 11.7 Å². The molecule has 12 heteroatoms. The van der Waals surface area contributed by atoms with E-state index in [1.807, 2.05) is 0 Å². The highest BCUT2D eigenvalue weighted by Crippen LogP contribution is 2.24. The molecule has 4 rings (SSSR count). The topological polar surface area (TPSA) is 56.2 Å². The van der Waals surface area contributed by atoms with E-state index >= 15 is 0 Å². The van der Waals surface area contributed by atoms with E-state index in [2.05, 4.69) is 10.4 Å². The first-order chi connectivity index (χ1) is 17.1. The van der Waals surface area contributed by atoms with Crippen molar-refractivity contribution in [2.45, 2.75) is 13.2 Å². The number of nitrogens with one attached hydrogen (secondary N) is 1. The van der Waals surface area contributed by atoms with Gasteiger partial charge in [0, 0.05) is 23.9 Å². The fourth-order valence-electron chi connectivity index (χ4n) is 3.21. The molecule has 0 bridgehead atoms. The molecule has 0 radical (unpaired) electrons. The molecule has 0 aliphatic heterocycles. The minimum atomic E-state index is -2.27. The van der Waals surface area contributed by atoms with Crippen LogP contribution in [0.4, 0.5) is 36.6 Å². The molecule has 1 amide bonds. The number of halogens is 7. The Morgan fingerprint density at radius 3 is 2.25 bits per heavy atom. The number of hydrogen-bond donors (Lipinski definition) is 1. The Labute approximate surface area is 198 Å². The van der Waals surface area contributed by atoms with Crippen LogP contribution < -0.4 is 10.1 Å². The minimum absolute atomic E-state index is 0.0566. The summed E-state index contributed by atoms with van der Waals surface area (Å²) in [6.45, 7) is -0.908. The monoisotopic (exact) mass is 509 g/mol. The van der Waals surface area contributed by atoms with Gasteiger partial charge in [0.2, 0.25) is 5.82 Å². The van der Waals surface area contributed by atoms with Crippen molar-refractivity contribution in [1.29, 1.82) is 0 Å². The fourth-order valence-corrected chi connectivity index (χ4v) is 3.21. The Morgan fingerprint density at radius 1 is 0.861 bits per heavy atom. The van der Waals surface area contributed by atoms with Crippen LogP contribution in [0.15, 0.2) is 54.7 Å². The molecule has 0 saturated carbocycles. The van der Waals surface area contributed by atoms with Gasteiger partial charge in [0.05, 0.1) is 12.1 Å². The zero-order chi connectivity index (χ0) is 26.0. The Hall–Kier alpha value is -4.35. The van der Waals surface area contributed by atoms with E-state index in [1.54, 1.807) is 6.07 Å². The fraction of sp³-hybridized carbons (Fsp3) is 0.0833. The second-order valence-electron chi connectivity index (χ2n) is 7.46. The summed E-state index contributed by atoms with van der Waals surface area (Å²) in [7, 11) is 0. The largest absolute Gasteiger partial charge is 0.486 e. The summed E-state index contributed by atoms with van der Waals surface area (Å²) in [6.07, 6.45) is 1.18. The van der Waals surface area contributed by atoms with Crippen LogP contribution in [0.3, 0.4) is 0 Å². The Kier molecular flexibility index (Phi) is 6.95. The van der Waals surface area contributed by atoms with Crippen molar-refractivity contribution in [2.75, 3.05) is 5.32 Å². The van der Waals surface area contributed by atoms with E-state index in [-0.39, 0.29) is 23.7 Å².